The molecule has 0 radical (unpaired) electrons. The van der Waals surface area contributed by atoms with Crippen LogP contribution in [0.25, 0.3) is 0 Å². The predicted octanol–water partition coefficient (Wildman–Crippen LogP) is 2.68. The highest BCUT2D eigenvalue weighted by Gasteiger charge is 2.39. The summed E-state index contributed by atoms with van der Waals surface area (Å²) in [6, 6.07) is 14.1. The first-order chi connectivity index (χ1) is 16.4. The average Bonchev–Trinajstić information content (AvgIpc) is 2.82. The molecule has 0 bridgehead atoms. The maximum absolute atomic E-state index is 13.3. The minimum atomic E-state index is -0.355. The first-order valence-electron chi connectivity index (χ1n) is 11.3. The van der Waals surface area contributed by atoms with Crippen molar-refractivity contribution in [2.24, 2.45) is 0 Å². The Morgan fingerprint density at radius 1 is 1.06 bits per heavy atom. The molecule has 0 unspecified atom stereocenters. The van der Waals surface area contributed by atoms with Gasteiger partial charge in [0.15, 0.2) is 0 Å². The monoisotopic (exact) mass is 467 g/mol. The Labute approximate surface area is 198 Å². The van der Waals surface area contributed by atoms with Crippen LogP contribution < -0.4 is 15.4 Å². The minimum Gasteiger partial charge on any atom is -0.490 e. The van der Waals surface area contributed by atoms with Crippen LogP contribution in [0.15, 0.2) is 48.5 Å². The van der Waals surface area contributed by atoms with Gasteiger partial charge in [-0.05, 0) is 43.2 Å². The molecule has 1 saturated heterocycles. The van der Waals surface area contributed by atoms with Crippen LogP contribution in [0.1, 0.15) is 29.6 Å². The highest BCUT2D eigenvalue weighted by molar-refractivity contribution is 6.00. The zero-order chi connectivity index (χ0) is 24.1. The molecule has 2 N–H and O–H groups in total. The van der Waals surface area contributed by atoms with Gasteiger partial charge in [-0.3, -0.25) is 14.4 Å². The summed E-state index contributed by atoms with van der Waals surface area (Å²) in [5.74, 6) is -0.207. The largest absolute Gasteiger partial charge is 0.490 e. The van der Waals surface area contributed by atoms with Crippen molar-refractivity contribution in [3.05, 3.63) is 54.1 Å². The van der Waals surface area contributed by atoms with Crippen molar-refractivity contribution in [1.82, 2.24) is 4.90 Å². The van der Waals surface area contributed by atoms with E-state index >= 15 is 0 Å². The number of rotatable bonds is 6. The quantitative estimate of drug-likeness (QED) is 0.677. The molecule has 3 atom stereocenters. The Hall–Kier alpha value is -3.43. The molecular formula is C25H29N3O6. The van der Waals surface area contributed by atoms with Crippen molar-refractivity contribution in [3.63, 3.8) is 0 Å². The first-order valence-corrected chi connectivity index (χ1v) is 11.3. The van der Waals surface area contributed by atoms with Gasteiger partial charge in [-0.1, -0.05) is 18.2 Å². The smallest absolute Gasteiger partial charge is 0.257 e. The second-order valence-electron chi connectivity index (χ2n) is 8.48. The molecular weight excluding hydrogens is 438 g/mol. The molecule has 0 spiro atoms. The number of hydrogen-bond acceptors (Lipinski definition) is 6. The summed E-state index contributed by atoms with van der Waals surface area (Å²) >= 11 is 0. The Morgan fingerprint density at radius 2 is 1.82 bits per heavy atom. The number of anilines is 2. The van der Waals surface area contributed by atoms with Gasteiger partial charge in [-0.25, -0.2) is 0 Å². The first kappa shape index (κ1) is 23.7. The standard InChI is InChI=1S/C25H29N3O6/c1-28-20-10-9-18(13-23(29)26-16-6-4-3-5-7-16)34-22(20)14-33-21-11-8-17(12-19(21)25(28)31)27-24(30)15-32-2/h3-8,11-12,18,20,22H,9-10,13-15H2,1-2H3,(H,26,29)(H,27,30)/t18-,20+,22+/m1/s1. The Balaban J connectivity index is 1.42. The van der Waals surface area contributed by atoms with Gasteiger partial charge in [0.05, 0.1) is 24.1 Å². The topological polar surface area (TPSA) is 106 Å². The fourth-order valence-corrected chi connectivity index (χ4v) is 4.37. The summed E-state index contributed by atoms with van der Waals surface area (Å²) in [4.78, 5) is 39.2. The lowest BCUT2D eigenvalue weighted by Gasteiger charge is -2.42. The van der Waals surface area contributed by atoms with Crippen molar-refractivity contribution >= 4 is 29.1 Å². The third kappa shape index (κ3) is 5.55. The Morgan fingerprint density at radius 3 is 2.59 bits per heavy atom. The van der Waals surface area contributed by atoms with Crippen LogP contribution in [0.5, 0.6) is 5.75 Å². The maximum atomic E-state index is 13.3. The number of carbonyl (C=O) groups excluding carboxylic acids is 3. The van der Waals surface area contributed by atoms with E-state index in [0.717, 1.165) is 5.69 Å². The van der Waals surface area contributed by atoms with Crippen LogP contribution in [-0.4, -0.2) is 68.2 Å². The van der Waals surface area contributed by atoms with E-state index in [0.29, 0.717) is 29.8 Å². The molecule has 9 heteroatoms. The van der Waals surface area contributed by atoms with Gasteiger partial charge in [-0.2, -0.15) is 0 Å². The summed E-state index contributed by atoms with van der Waals surface area (Å²) in [6.07, 6.45) is 0.970. The van der Waals surface area contributed by atoms with Crippen molar-refractivity contribution in [1.29, 1.82) is 0 Å². The molecule has 0 aromatic heterocycles. The molecule has 0 saturated carbocycles. The van der Waals surface area contributed by atoms with E-state index in [1.54, 1.807) is 30.1 Å². The molecule has 34 heavy (non-hydrogen) atoms. The molecule has 2 aromatic rings. The molecule has 0 aliphatic carbocycles. The number of hydrogen-bond donors (Lipinski definition) is 2. The van der Waals surface area contributed by atoms with E-state index in [2.05, 4.69) is 10.6 Å². The lowest BCUT2D eigenvalue weighted by Crippen LogP contribution is -2.53. The Kier molecular flexibility index (Phi) is 7.44. The number of nitrogens with one attached hydrogen (secondary N) is 2. The summed E-state index contributed by atoms with van der Waals surface area (Å²) in [7, 11) is 3.19. The number of para-hydroxylation sites is 1. The second kappa shape index (κ2) is 10.7. The summed E-state index contributed by atoms with van der Waals surface area (Å²) in [5, 5.41) is 5.60. The van der Waals surface area contributed by atoms with E-state index < -0.39 is 0 Å². The fourth-order valence-electron chi connectivity index (χ4n) is 4.37. The fraction of sp³-hybridized carbons (Fsp3) is 0.400. The lowest BCUT2D eigenvalue weighted by molar-refractivity contribution is -0.130. The number of benzene rings is 2. The zero-order valence-corrected chi connectivity index (χ0v) is 19.3. The van der Waals surface area contributed by atoms with Crippen molar-refractivity contribution in [3.8, 4) is 5.75 Å². The molecule has 4 rings (SSSR count). The zero-order valence-electron chi connectivity index (χ0n) is 19.3. The summed E-state index contributed by atoms with van der Waals surface area (Å²) in [6.45, 7) is 0.175. The molecule has 3 amide bonds. The van der Waals surface area contributed by atoms with E-state index in [4.69, 9.17) is 14.2 Å². The van der Waals surface area contributed by atoms with E-state index in [1.165, 1.54) is 7.11 Å². The van der Waals surface area contributed by atoms with Gasteiger partial charge in [-0.15, -0.1) is 0 Å². The van der Waals surface area contributed by atoms with E-state index in [-0.39, 0.29) is 55.6 Å². The number of methoxy groups -OCH3 is 1. The third-order valence-corrected chi connectivity index (χ3v) is 6.04. The number of nitrogens with zero attached hydrogens (tertiary/aromatic N) is 1. The number of ether oxygens (including phenoxy) is 3. The van der Waals surface area contributed by atoms with Gasteiger partial charge < -0.3 is 29.7 Å². The SMILES string of the molecule is COCC(=O)Nc1ccc2c(c1)C(=O)N(C)[C@H]1CC[C@H](CC(=O)Nc3ccccc3)O[C@H]1CO2. The van der Waals surface area contributed by atoms with Crippen molar-refractivity contribution < 1.29 is 28.6 Å². The molecule has 1 fully saturated rings. The van der Waals surface area contributed by atoms with Gasteiger partial charge >= 0.3 is 0 Å². The maximum Gasteiger partial charge on any atom is 0.257 e. The average molecular weight is 468 g/mol. The highest BCUT2D eigenvalue weighted by Crippen LogP contribution is 2.32. The van der Waals surface area contributed by atoms with Crippen molar-refractivity contribution in [2.75, 3.05) is 38.0 Å². The summed E-state index contributed by atoms with van der Waals surface area (Å²) < 4.78 is 17.0. The minimum absolute atomic E-state index is 0.0763. The van der Waals surface area contributed by atoms with Crippen LogP contribution in [0.3, 0.4) is 0 Å². The molecule has 2 aliphatic heterocycles. The van der Waals surface area contributed by atoms with Crippen LogP contribution in [0.4, 0.5) is 11.4 Å². The van der Waals surface area contributed by atoms with Gasteiger partial charge in [0, 0.05) is 25.5 Å². The lowest BCUT2D eigenvalue weighted by atomic mass is 9.94. The van der Waals surface area contributed by atoms with E-state index in [1.807, 2.05) is 30.3 Å². The molecule has 9 nitrogen and oxygen atoms in total. The van der Waals surface area contributed by atoms with Gasteiger partial charge in [0.25, 0.3) is 5.91 Å². The van der Waals surface area contributed by atoms with Gasteiger partial charge in [0.1, 0.15) is 25.1 Å². The molecule has 2 aliphatic rings. The van der Waals surface area contributed by atoms with Gasteiger partial charge in [0.2, 0.25) is 11.8 Å². The van der Waals surface area contributed by atoms with E-state index in [9.17, 15) is 14.4 Å². The predicted molar refractivity (Wildman–Crippen MR) is 126 cm³/mol. The van der Waals surface area contributed by atoms with Crippen LogP contribution in [0.2, 0.25) is 0 Å². The normalized spacial score (nSPS) is 21.9. The second-order valence-corrected chi connectivity index (χ2v) is 8.48. The van der Waals surface area contributed by atoms with Crippen LogP contribution in [0, 0.1) is 0 Å². The van der Waals surface area contributed by atoms with Crippen LogP contribution in [-0.2, 0) is 19.1 Å². The highest BCUT2D eigenvalue weighted by atomic mass is 16.5. The number of carbonyl (C=O) groups is 3. The Bertz CT molecular complexity index is 1040. The molecule has 2 heterocycles. The van der Waals surface area contributed by atoms with Crippen LogP contribution >= 0.6 is 0 Å². The van der Waals surface area contributed by atoms with Crippen molar-refractivity contribution in [2.45, 2.75) is 37.5 Å². The molecule has 2 aromatic carbocycles. The number of amides is 3. The number of fused-ring (bicyclic) bond motifs is 2. The molecule has 180 valence electrons. The number of likely N-dealkylation sites (N-methyl/N-ethyl adjacent to an activating group) is 1. The summed E-state index contributed by atoms with van der Waals surface area (Å²) in [5.41, 5.74) is 1.61. The third-order valence-electron chi connectivity index (χ3n) is 6.04.